The topological polar surface area (TPSA) is 25.8 Å². The summed E-state index contributed by atoms with van der Waals surface area (Å²) in [4.78, 5) is 8.98. The van der Waals surface area contributed by atoms with E-state index in [1.807, 2.05) is 24.5 Å². The maximum absolute atomic E-state index is 4.58. The molecule has 0 amide bonds. The summed E-state index contributed by atoms with van der Waals surface area (Å²) in [7, 11) is 0. The van der Waals surface area contributed by atoms with Crippen molar-refractivity contribution in [3.63, 3.8) is 0 Å². The first-order valence-electron chi connectivity index (χ1n) is 7.17. The summed E-state index contributed by atoms with van der Waals surface area (Å²) in [5, 5.41) is 1.18. The molecule has 2 aromatic heterocycles. The molecule has 0 N–H and O–H groups in total. The molecule has 0 aliphatic heterocycles. The first-order chi connectivity index (χ1) is 9.88. The molecule has 0 aliphatic rings. The van der Waals surface area contributed by atoms with Gasteiger partial charge in [-0.05, 0) is 36.6 Å². The zero-order valence-electron chi connectivity index (χ0n) is 11.7. The minimum absolute atomic E-state index is 0. The third-order valence-electron chi connectivity index (χ3n) is 3.57. The molecule has 1 aromatic carbocycles. The van der Waals surface area contributed by atoms with Gasteiger partial charge >= 0.3 is 68.9 Å². The van der Waals surface area contributed by atoms with Crippen LogP contribution in [0.2, 0.25) is 0 Å². The van der Waals surface area contributed by atoms with Crippen molar-refractivity contribution < 1.29 is 0 Å². The molecular formula is C18H19CsN2. The van der Waals surface area contributed by atoms with Crippen molar-refractivity contribution in [2.45, 2.75) is 26.2 Å². The Balaban J connectivity index is 0.00000161. The first kappa shape index (κ1) is 17.2. The van der Waals surface area contributed by atoms with Crippen LogP contribution in [-0.4, -0.2) is 78.9 Å². The normalized spacial score (nSPS) is 10.3. The molecule has 0 aliphatic carbocycles. The molecule has 3 aromatic rings. The molecule has 3 heteroatoms. The Morgan fingerprint density at radius 3 is 2.62 bits per heavy atom. The predicted octanol–water partition coefficient (Wildman–Crippen LogP) is 3.99. The molecule has 0 bridgehead atoms. The summed E-state index contributed by atoms with van der Waals surface area (Å²) in [6.07, 6.45) is 7.28. The van der Waals surface area contributed by atoms with Gasteiger partial charge in [-0.25, -0.2) is 0 Å². The number of fused-ring (bicyclic) bond motifs is 1. The van der Waals surface area contributed by atoms with Gasteiger partial charge < -0.3 is 0 Å². The Bertz CT molecular complexity index is 702. The van der Waals surface area contributed by atoms with E-state index < -0.39 is 0 Å². The van der Waals surface area contributed by atoms with Crippen LogP contribution in [0.3, 0.4) is 0 Å². The number of hydrogen-bond acceptors (Lipinski definition) is 2. The van der Waals surface area contributed by atoms with E-state index in [-0.39, 0.29) is 68.9 Å². The Labute approximate surface area is 184 Å². The van der Waals surface area contributed by atoms with Gasteiger partial charge in [0, 0.05) is 29.0 Å². The first-order valence-corrected chi connectivity index (χ1v) is 7.17. The third kappa shape index (κ3) is 4.18. The average Bonchev–Trinajstić information content (AvgIpc) is 2.53. The van der Waals surface area contributed by atoms with Gasteiger partial charge in [0.1, 0.15) is 0 Å². The summed E-state index contributed by atoms with van der Waals surface area (Å²) in [6.45, 7) is 2.21. The van der Waals surface area contributed by atoms with Crippen LogP contribution in [0.1, 0.15) is 25.5 Å². The number of aryl methyl sites for hydroxylation is 1. The number of hydrogen-bond donors (Lipinski definition) is 0. The van der Waals surface area contributed by atoms with Gasteiger partial charge in [-0.15, -0.1) is 0 Å². The monoisotopic (exact) mass is 396 g/mol. The summed E-state index contributed by atoms with van der Waals surface area (Å²) in [5.41, 5.74) is 4.56. The number of nitrogens with zero attached hydrogens (tertiary/aromatic N) is 2. The Morgan fingerprint density at radius 2 is 1.86 bits per heavy atom. The molecule has 2 nitrogen and oxygen atoms in total. The molecule has 2 heterocycles. The van der Waals surface area contributed by atoms with Gasteiger partial charge in [0.15, 0.2) is 0 Å². The van der Waals surface area contributed by atoms with Crippen LogP contribution >= 0.6 is 0 Å². The Kier molecular flexibility index (Phi) is 6.93. The van der Waals surface area contributed by atoms with Crippen molar-refractivity contribution in [2.75, 3.05) is 0 Å². The summed E-state index contributed by atoms with van der Waals surface area (Å²) in [6, 6.07) is 14.6. The molecule has 0 radical (unpaired) electrons. The molecule has 0 spiro atoms. The van der Waals surface area contributed by atoms with Crippen LogP contribution in [0.4, 0.5) is 0 Å². The van der Waals surface area contributed by atoms with Gasteiger partial charge in [-0.2, -0.15) is 0 Å². The van der Waals surface area contributed by atoms with Crippen molar-refractivity contribution in [3.8, 4) is 11.1 Å². The molecule has 0 saturated heterocycles. The second-order valence-corrected chi connectivity index (χ2v) is 5.02. The Hall–Kier alpha value is -0.168. The standard InChI is InChI=1S/C18H18N2.Cs.H/c1-2-3-6-15-11-10-14(13-20-15)16-7-4-9-18-17(16)8-5-12-19-18;;/h4-5,7-13H,2-3,6H2,1H3;;. The van der Waals surface area contributed by atoms with E-state index in [0.29, 0.717) is 0 Å². The fraction of sp³-hybridized carbons (Fsp3) is 0.222. The van der Waals surface area contributed by atoms with Gasteiger partial charge in [0.25, 0.3) is 0 Å². The van der Waals surface area contributed by atoms with Crippen molar-refractivity contribution >= 4 is 79.8 Å². The van der Waals surface area contributed by atoms with E-state index in [9.17, 15) is 0 Å². The second kappa shape index (κ2) is 8.46. The van der Waals surface area contributed by atoms with E-state index in [0.717, 1.165) is 17.5 Å². The average molecular weight is 396 g/mol. The van der Waals surface area contributed by atoms with Crippen molar-refractivity contribution in [2.24, 2.45) is 0 Å². The van der Waals surface area contributed by atoms with Gasteiger partial charge in [0.05, 0.1) is 5.52 Å². The van der Waals surface area contributed by atoms with Crippen LogP contribution in [0.15, 0.2) is 54.9 Å². The molecule has 0 saturated carbocycles. The van der Waals surface area contributed by atoms with Gasteiger partial charge in [-0.3, -0.25) is 9.97 Å². The fourth-order valence-corrected chi connectivity index (χ4v) is 2.44. The van der Waals surface area contributed by atoms with Crippen LogP contribution in [0.25, 0.3) is 22.0 Å². The van der Waals surface area contributed by atoms with Crippen LogP contribution < -0.4 is 0 Å². The summed E-state index contributed by atoms with van der Waals surface area (Å²) in [5.74, 6) is 0. The molecule has 21 heavy (non-hydrogen) atoms. The predicted molar refractivity (Wildman–Crippen MR) is 90.7 cm³/mol. The third-order valence-corrected chi connectivity index (χ3v) is 3.57. The zero-order chi connectivity index (χ0) is 13.8. The number of pyridine rings is 2. The van der Waals surface area contributed by atoms with Crippen LogP contribution in [0, 0.1) is 0 Å². The quantitative estimate of drug-likeness (QED) is 0.667. The molecule has 0 unspecified atom stereocenters. The van der Waals surface area contributed by atoms with Crippen LogP contribution in [0.5, 0.6) is 0 Å². The van der Waals surface area contributed by atoms with Crippen molar-refractivity contribution in [1.82, 2.24) is 9.97 Å². The fourth-order valence-electron chi connectivity index (χ4n) is 2.44. The molecular weight excluding hydrogens is 377 g/mol. The molecule has 3 rings (SSSR count). The summed E-state index contributed by atoms with van der Waals surface area (Å²) < 4.78 is 0. The number of unbranched alkanes of at least 4 members (excludes halogenated alkanes) is 1. The summed E-state index contributed by atoms with van der Waals surface area (Å²) >= 11 is 0. The van der Waals surface area contributed by atoms with Crippen LogP contribution in [-0.2, 0) is 6.42 Å². The van der Waals surface area contributed by atoms with Crippen molar-refractivity contribution in [1.29, 1.82) is 0 Å². The van der Waals surface area contributed by atoms with E-state index >= 15 is 0 Å². The maximum atomic E-state index is 4.58. The molecule has 0 atom stereocenters. The zero-order valence-corrected chi connectivity index (χ0v) is 11.7. The SMILES string of the molecule is CCCCc1ccc(-c2cccc3ncccc23)cn1.[CsH]. The van der Waals surface area contributed by atoms with E-state index in [1.165, 1.54) is 29.5 Å². The number of aromatic nitrogens is 2. The van der Waals surface area contributed by atoms with E-state index in [2.05, 4.69) is 47.2 Å². The molecule has 102 valence electrons. The van der Waals surface area contributed by atoms with E-state index in [1.54, 1.807) is 0 Å². The Morgan fingerprint density at radius 1 is 0.952 bits per heavy atom. The van der Waals surface area contributed by atoms with E-state index in [4.69, 9.17) is 0 Å². The van der Waals surface area contributed by atoms with Crippen molar-refractivity contribution in [3.05, 3.63) is 60.6 Å². The minimum atomic E-state index is 0. The van der Waals surface area contributed by atoms with Gasteiger partial charge in [-0.1, -0.05) is 37.6 Å². The number of rotatable bonds is 4. The second-order valence-electron chi connectivity index (χ2n) is 5.02. The molecule has 0 fully saturated rings. The number of benzene rings is 1. The van der Waals surface area contributed by atoms with Gasteiger partial charge in [0.2, 0.25) is 0 Å².